The van der Waals surface area contributed by atoms with E-state index in [1.54, 1.807) is 6.92 Å². The maximum Gasteiger partial charge on any atom is 0.449 e. The van der Waals surface area contributed by atoms with E-state index in [2.05, 4.69) is 5.32 Å². The maximum atomic E-state index is 12.1. The Balaban J connectivity index is 2.66. The Hall–Kier alpha value is -1.62. The number of hydrogen-bond acceptors (Lipinski definition) is 4. The van der Waals surface area contributed by atoms with Crippen molar-refractivity contribution in [2.75, 3.05) is 0 Å². The molecule has 1 aromatic rings. The zero-order chi connectivity index (χ0) is 14.5. The number of nitriles is 1. The average Bonchev–Trinajstić information content (AvgIpc) is 2.74. The van der Waals surface area contributed by atoms with E-state index in [1.807, 2.05) is 6.07 Å². The second-order valence-electron chi connectivity index (χ2n) is 3.61. The molecule has 0 radical (unpaired) electrons. The molecule has 0 bridgehead atoms. The van der Waals surface area contributed by atoms with Crippen LogP contribution < -0.4 is 5.32 Å². The lowest BCUT2D eigenvalue weighted by Crippen LogP contribution is -2.33. The summed E-state index contributed by atoms with van der Waals surface area (Å²) >= 11 is -0.425. The second-order valence-corrected chi connectivity index (χ2v) is 4.68. The molecule has 1 aromatic heterocycles. The first kappa shape index (κ1) is 15.4. The molecule has 104 valence electrons. The quantitative estimate of drug-likeness (QED) is 0.845. The van der Waals surface area contributed by atoms with Crippen LogP contribution in [0.4, 0.5) is 13.2 Å². The van der Waals surface area contributed by atoms with Crippen molar-refractivity contribution in [2.45, 2.75) is 36.4 Å². The Morgan fingerprint density at radius 1 is 1.58 bits per heavy atom. The maximum absolute atomic E-state index is 12.1. The average molecular weight is 292 g/mol. The molecule has 1 N–H and O–H groups in total. The fraction of sp³-hybridized carbons (Fsp3) is 0.455. The molecular weight excluding hydrogens is 281 g/mol. The summed E-state index contributed by atoms with van der Waals surface area (Å²) < 4.78 is 41.0. The molecule has 1 amide bonds. The molecule has 0 spiro atoms. The van der Waals surface area contributed by atoms with Crippen molar-refractivity contribution < 1.29 is 22.4 Å². The Morgan fingerprint density at radius 3 is 2.79 bits per heavy atom. The van der Waals surface area contributed by atoms with Gasteiger partial charge in [-0.1, -0.05) is 6.92 Å². The lowest BCUT2D eigenvalue weighted by atomic mass is 10.1. The first-order valence-electron chi connectivity index (χ1n) is 5.39. The van der Waals surface area contributed by atoms with E-state index < -0.39 is 28.3 Å². The zero-order valence-corrected chi connectivity index (χ0v) is 10.8. The Morgan fingerprint density at radius 2 is 2.26 bits per heavy atom. The molecule has 8 heteroatoms. The van der Waals surface area contributed by atoms with E-state index in [9.17, 15) is 18.0 Å². The van der Waals surface area contributed by atoms with Gasteiger partial charge in [-0.15, -0.1) is 0 Å². The number of furan rings is 1. The van der Waals surface area contributed by atoms with Gasteiger partial charge in [-0.2, -0.15) is 18.4 Å². The number of alkyl halides is 3. The van der Waals surface area contributed by atoms with Gasteiger partial charge in [-0.3, -0.25) is 4.79 Å². The van der Waals surface area contributed by atoms with Crippen molar-refractivity contribution in [1.82, 2.24) is 5.32 Å². The van der Waals surface area contributed by atoms with Crippen LogP contribution in [0, 0.1) is 11.3 Å². The SMILES string of the molecule is CC[C@H](CC#N)NC(=O)c1ccc(SC(F)(F)F)o1. The largest absolute Gasteiger partial charge is 0.449 e. The van der Waals surface area contributed by atoms with Gasteiger partial charge < -0.3 is 9.73 Å². The van der Waals surface area contributed by atoms with Crippen molar-refractivity contribution in [3.8, 4) is 6.07 Å². The standard InChI is InChI=1S/C11H11F3N2O2S/c1-2-7(5-6-15)16-10(17)8-3-4-9(18-8)19-11(12,13)14/h3-4,7H,2,5H2,1H3,(H,16,17)/t7-/m1/s1. The van der Waals surface area contributed by atoms with Crippen LogP contribution in [0.1, 0.15) is 30.3 Å². The monoisotopic (exact) mass is 292 g/mol. The minimum absolute atomic E-state index is 0.132. The molecule has 0 aliphatic rings. The molecule has 0 aromatic carbocycles. The summed E-state index contributed by atoms with van der Waals surface area (Å²) in [5.41, 5.74) is -4.46. The number of carbonyl (C=O) groups excluding carboxylic acids is 1. The summed E-state index contributed by atoms with van der Waals surface area (Å²) in [4.78, 5) is 11.7. The van der Waals surface area contributed by atoms with E-state index >= 15 is 0 Å². The minimum atomic E-state index is -4.46. The third kappa shape index (κ3) is 5.26. The molecule has 0 saturated carbocycles. The fourth-order valence-corrected chi connectivity index (χ4v) is 1.77. The van der Waals surface area contributed by atoms with Crippen LogP contribution in [0.3, 0.4) is 0 Å². The van der Waals surface area contributed by atoms with Crippen LogP contribution in [0.5, 0.6) is 0 Å². The summed E-state index contributed by atoms with van der Waals surface area (Å²) in [7, 11) is 0. The number of carbonyl (C=O) groups is 1. The molecule has 0 aliphatic carbocycles. The predicted octanol–water partition coefficient (Wildman–Crippen LogP) is 3.31. The molecule has 1 atom stereocenters. The highest BCUT2D eigenvalue weighted by atomic mass is 32.2. The molecule has 0 saturated heterocycles. The smallest absolute Gasteiger partial charge is 0.444 e. The van der Waals surface area contributed by atoms with Crippen molar-refractivity contribution >= 4 is 17.7 Å². The van der Waals surface area contributed by atoms with Crippen LogP contribution in [-0.2, 0) is 0 Å². The number of amides is 1. The third-order valence-electron chi connectivity index (χ3n) is 2.19. The van der Waals surface area contributed by atoms with Crippen LogP contribution >= 0.6 is 11.8 Å². The Kier molecular flexibility index (Phi) is 5.30. The van der Waals surface area contributed by atoms with Gasteiger partial charge >= 0.3 is 5.51 Å². The summed E-state index contributed by atoms with van der Waals surface area (Å²) in [5, 5.41) is 10.6. The molecule has 0 unspecified atom stereocenters. The van der Waals surface area contributed by atoms with E-state index in [0.717, 1.165) is 6.07 Å². The van der Waals surface area contributed by atoms with Gasteiger partial charge in [0.05, 0.1) is 12.5 Å². The second kappa shape index (κ2) is 6.52. The fourth-order valence-electron chi connectivity index (χ4n) is 1.28. The molecule has 1 heterocycles. The molecule has 0 aliphatic heterocycles. The third-order valence-corrected chi connectivity index (χ3v) is 2.84. The van der Waals surface area contributed by atoms with E-state index in [0.29, 0.717) is 6.42 Å². The lowest BCUT2D eigenvalue weighted by Gasteiger charge is -2.11. The van der Waals surface area contributed by atoms with Crippen LogP contribution in [0.2, 0.25) is 0 Å². The zero-order valence-electron chi connectivity index (χ0n) is 9.95. The van der Waals surface area contributed by atoms with E-state index in [-0.39, 0.29) is 18.2 Å². The normalized spacial score (nSPS) is 12.8. The van der Waals surface area contributed by atoms with Gasteiger partial charge in [0.1, 0.15) is 0 Å². The highest BCUT2D eigenvalue weighted by Gasteiger charge is 2.31. The van der Waals surface area contributed by atoms with Crippen molar-refractivity contribution in [3.05, 3.63) is 17.9 Å². The molecule has 4 nitrogen and oxygen atoms in total. The van der Waals surface area contributed by atoms with Crippen LogP contribution in [0.15, 0.2) is 21.6 Å². The van der Waals surface area contributed by atoms with Gasteiger partial charge in [0, 0.05) is 17.8 Å². The van der Waals surface area contributed by atoms with Crippen molar-refractivity contribution in [1.29, 1.82) is 5.26 Å². The summed E-state index contributed by atoms with van der Waals surface area (Å²) in [5.74, 6) is -0.834. The molecular formula is C11H11F3N2O2S. The highest BCUT2D eigenvalue weighted by molar-refractivity contribution is 8.00. The molecule has 0 fully saturated rings. The number of rotatable bonds is 5. The first-order chi connectivity index (χ1) is 8.85. The highest BCUT2D eigenvalue weighted by Crippen LogP contribution is 2.37. The van der Waals surface area contributed by atoms with Gasteiger partial charge in [0.2, 0.25) is 0 Å². The van der Waals surface area contributed by atoms with E-state index in [4.69, 9.17) is 9.68 Å². The number of hydrogen-bond donors (Lipinski definition) is 1. The molecule has 19 heavy (non-hydrogen) atoms. The minimum Gasteiger partial charge on any atom is -0.444 e. The van der Waals surface area contributed by atoms with Gasteiger partial charge in [-0.05, 0) is 18.6 Å². The van der Waals surface area contributed by atoms with Gasteiger partial charge in [0.15, 0.2) is 10.9 Å². The number of thioether (sulfide) groups is 1. The van der Waals surface area contributed by atoms with Crippen molar-refractivity contribution in [3.63, 3.8) is 0 Å². The Bertz CT molecular complexity index is 479. The number of nitrogens with one attached hydrogen (secondary N) is 1. The van der Waals surface area contributed by atoms with Crippen LogP contribution in [0.25, 0.3) is 0 Å². The van der Waals surface area contributed by atoms with Gasteiger partial charge in [0.25, 0.3) is 5.91 Å². The van der Waals surface area contributed by atoms with Crippen LogP contribution in [-0.4, -0.2) is 17.5 Å². The molecule has 1 rings (SSSR count). The van der Waals surface area contributed by atoms with Crippen molar-refractivity contribution in [2.24, 2.45) is 0 Å². The summed E-state index contributed by atoms with van der Waals surface area (Å²) in [6, 6.07) is 3.82. The topological polar surface area (TPSA) is 66.0 Å². The lowest BCUT2D eigenvalue weighted by molar-refractivity contribution is -0.0335. The summed E-state index contributed by atoms with van der Waals surface area (Å²) in [6.45, 7) is 1.79. The number of halogens is 3. The Labute approximate surface area is 112 Å². The van der Waals surface area contributed by atoms with Gasteiger partial charge in [-0.25, -0.2) is 0 Å². The first-order valence-corrected chi connectivity index (χ1v) is 6.20. The summed E-state index contributed by atoms with van der Waals surface area (Å²) in [6.07, 6.45) is 0.678. The number of nitrogens with zero attached hydrogens (tertiary/aromatic N) is 1. The predicted molar refractivity (Wildman–Crippen MR) is 62.4 cm³/mol. The van der Waals surface area contributed by atoms with E-state index in [1.165, 1.54) is 6.07 Å².